The summed E-state index contributed by atoms with van der Waals surface area (Å²) in [6.45, 7) is 5.53. The molecule has 1 aliphatic rings. The molecule has 1 heterocycles. The molecule has 0 saturated carbocycles. The van der Waals surface area contributed by atoms with Crippen molar-refractivity contribution in [2.24, 2.45) is 11.1 Å². The molecule has 1 amide bonds. The number of rotatable bonds is 3. The van der Waals surface area contributed by atoms with Crippen molar-refractivity contribution in [3.8, 4) is 0 Å². The van der Waals surface area contributed by atoms with E-state index in [0.29, 0.717) is 23.2 Å². The summed E-state index contributed by atoms with van der Waals surface area (Å²) in [4.78, 5) is 11.7. The molecule has 6 nitrogen and oxygen atoms in total. The van der Waals surface area contributed by atoms with E-state index < -0.39 is 21.3 Å². The average Bonchev–Trinajstić information content (AvgIpc) is 2.79. The summed E-state index contributed by atoms with van der Waals surface area (Å²) in [6.07, 6.45) is 0.433. The molecule has 7 heteroatoms. The number of nitrogens with zero attached hydrogens (tertiary/aromatic N) is 1. The molecule has 1 aliphatic heterocycles. The van der Waals surface area contributed by atoms with Crippen LogP contribution in [0, 0.1) is 19.3 Å². The summed E-state index contributed by atoms with van der Waals surface area (Å²) < 4.78 is 27.0. The smallest absolute Gasteiger partial charge is 0.243 e. The highest BCUT2D eigenvalue weighted by Crippen LogP contribution is 2.35. The zero-order chi connectivity index (χ0) is 16.0. The highest BCUT2D eigenvalue weighted by molar-refractivity contribution is 7.89. The van der Waals surface area contributed by atoms with Gasteiger partial charge in [0.2, 0.25) is 15.9 Å². The number of primary amides is 1. The van der Waals surface area contributed by atoms with Crippen LogP contribution >= 0.6 is 0 Å². The molecule has 0 aliphatic carbocycles. The van der Waals surface area contributed by atoms with Crippen LogP contribution in [0.4, 0.5) is 5.69 Å². The summed E-state index contributed by atoms with van der Waals surface area (Å²) in [6, 6.07) is 3.39. The molecule has 2 rings (SSSR count). The van der Waals surface area contributed by atoms with Crippen LogP contribution in [-0.2, 0) is 14.8 Å². The van der Waals surface area contributed by atoms with Gasteiger partial charge in [-0.25, -0.2) is 8.42 Å². The van der Waals surface area contributed by atoms with Crippen LogP contribution in [0.2, 0.25) is 0 Å². The largest absolute Gasteiger partial charge is 0.398 e. The molecule has 0 radical (unpaired) electrons. The lowest BCUT2D eigenvalue weighted by atomic mass is 9.89. The van der Waals surface area contributed by atoms with Gasteiger partial charge in [-0.3, -0.25) is 4.79 Å². The molecular weight excluding hydrogens is 290 g/mol. The van der Waals surface area contributed by atoms with E-state index in [4.69, 9.17) is 11.5 Å². The summed E-state index contributed by atoms with van der Waals surface area (Å²) in [5, 5.41) is 0. The van der Waals surface area contributed by atoms with Gasteiger partial charge in [0.25, 0.3) is 0 Å². The number of carbonyl (C=O) groups excluding carboxylic acids is 1. The molecule has 116 valence electrons. The van der Waals surface area contributed by atoms with Gasteiger partial charge in [0.05, 0.1) is 10.3 Å². The van der Waals surface area contributed by atoms with Crippen LogP contribution < -0.4 is 11.5 Å². The minimum Gasteiger partial charge on any atom is -0.398 e. The lowest BCUT2D eigenvalue weighted by Gasteiger charge is -2.22. The normalized spacial score (nSPS) is 23.4. The van der Waals surface area contributed by atoms with Crippen LogP contribution in [-0.4, -0.2) is 31.7 Å². The highest BCUT2D eigenvalue weighted by Gasteiger charge is 2.44. The first kappa shape index (κ1) is 15.8. The first-order valence-corrected chi connectivity index (χ1v) is 8.19. The number of nitrogen functional groups attached to an aromatic ring is 1. The van der Waals surface area contributed by atoms with Crippen LogP contribution in [0.3, 0.4) is 0 Å². The number of hydrogen-bond donors (Lipinski definition) is 2. The number of sulfonamides is 1. The minimum atomic E-state index is -3.68. The van der Waals surface area contributed by atoms with Gasteiger partial charge in [-0.05, 0) is 44.4 Å². The van der Waals surface area contributed by atoms with E-state index in [2.05, 4.69) is 0 Å². The lowest BCUT2D eigenvalue weighted by Crippen LogP contribution is -2.39. The Bertz CT molecular complexity index is 700. The monoisotopic (exact) mass is 311 g/mol. The predicted molar refractivity (Wildman–Crippen MR) is 81.0 cm³/mol. The molecule has 0 spiro atoms. The Labute approximate surface area is 125 Å². The zero-order valence-corrected chi connectivity index (χ0v) is 13.3. The standard InChI is InChI=1S/C14H21N3O3S/c1-9-4-5-11(15)10(2)12(9)21(19,20)17-7-6-14(3,8-17)13(16)18/h4-5H,6-8,15H2,1-3H3,(H2,16,18). The number of benzene rings is 1. The van der Waals surface area contributed by atoms with Crippen molar-refractivity contribution < 1.29 is 13.2 Å². The van der Waals surface area contributed by atoms with E-state index in [-0.39, 0.29) is 18.0 Å². The van der Waals surface area contributed by atoms with E-state index in [1.54, 1.807) is 32.9 Å². The third-order valence-electron chi connectivity index (χ3n) is 4.28. The van der Waals surface area contributed by atoms with Gasteiger partial charge in [-0.15, -0.1) is 0 Å². The Morgan fingerprint density at radius 1 is 1.33 bits per heavy atom. The van der Waals surface area contributed by atoms with Gasteiger partial charge in [0, 0.05) is 18.8 Å². The van der Waals surface area contributed by atoms with Crippen molar-refractivity contribution in [2.45, 2.75) is 32.1 Å². The number of hydrogen-bond acceptors (Lipinski definition) is 4. The Morgan fingerprint density at radius 3 is 2.48 bits per heavy atom. The van der Waals surface area contributed by atoms with Crippen molar-refractivity contribution in [2.75, 3.05) is 18.8 Å². The van der Waals surface area contributed by atoms with Gasteiger partial charge < -0.3 is 11.5 Å². The SMILES string of the molecule is Cc1ccc(N)c(C)c1S(=O)(=O)N1CCC(C)(C(N)=O)C1. The summed E-state index contributed by atoms with van der Waals surface area (Å²) >= 11 is 0. The second-order valence-electron chi connectivity index (χ2n) is 5.94. The van der Waals surface area contributed by atoms with Gasteiger partial charge in [-0.1, -0.05) is 6.07 Å². The van der Waals surface area contributed by atoms with Gasteiger partial charge in [0.1, 0.15) is 0 Å². The highest BCUT2D eigenvalue weighted by atomic mass is 32.2. The predicted octanol–water partition coefficient (Wildman–Crippen LogP) is 0.772. The van der Waals surface area contributed by atoms with Crippen molar-refractivity contribution >= 4 is 21.6 Å². The Balaban J connectivity index is 2.46. The molecule has 0 aromatic heterocycles. The fraction of sp³-hybridized carbons (Fsp3) is 0.500. The van der Waals surface area contributed by atoms with E-state index in [1.165, 1.54) is 4.31 Å². The third-order valence-corrected chi connectivity index (χ3v) is 6.41. The molecule has 1 aromatic rings. The minimum absolute atomic E-state index is 0.109. The number of amides is 1. The van der Waals surface area contributed by atoms with E-state index in [0.717, 1.165) is 0 Å². The van der Waals surface area contributed by atoms with E-state index in [1.807, 2.05) is 0 Å². The van der Waals surface area contributed by atoms with Gasteiger partial charge in [0.15, 0.2) is 0 Å². The second-order valence-corrected chi connectivity index (χ2v) is 7.81. The lowest BCUT2D eigenvalue weighted by molar-refractivity contribution is -0.126. The summed E-state index contributed by atoms with van der Waals surface area (Å²) in [5.41, 5.74) is 12.0. The average molecular weight is 311 g/mol. The van der Waals surface area contributed by atoms with Crippen molar-refractivity contribution in [3.05, 3.63) is 23.3 Å². The number of anilines is 1. The van der Waals surface area contributed by atoms with Gasteiger partial charge >= 0.3 is 0 Å². The molecule has 1 fully saturated rings. The number of carbonyl (C=O) groups is 1. The molecule has 1 saturated heterocycles. The fourth-order valence-corrected chi connectivity index (χ4v) is 4.72. The molecule has 1 unspecified atom stereocenters. The maximum Gasteiger partial charge on any atom is 0.243 e. The Morgan fingerprint density at radius 2 is 1.95 bits per heavy atom. The number of aryl methyl sites for hydroxylation is 1. The van der Waals surface area contributed by atoms with Crippen molar-refractivity contribution in [1.29, 1.82) is 0 Å². The van der Waals surface area contributed by atoms with Gasteiger partial charge in [-0.2, -0.15) is 4.31 Å². The maximum absolute atomic E-state index is 12.9. The zero-order valence-electron chi connectivity index (χ0n) is 12.5. The summed E-state index contributed by atoms with van der Waals surface area (Å²) in [7, 11) is -3.68. The van der Waals surface area contributed by atoms with Crippen LogP contribution in [0.1, 0.15) is 24.5 Å². The van der Waals surface area contributed by atoms with Crippen LogP contribution in [0.25, 0.3) is 0 Å². The van der Waals surface area contributed by atoms with Crippen molar-refractivity contribution in [3.63, 3.8) is 0 Å². The van der Waals surface area contributed by atoms with E-state index in [9.17, 15) is 13.2 Å². The Hall–Kier alpha value is -1.60. The second kappa shape index (κ2) is 4.99. The molecule has 4 N–H and O–H groups in total. The molecule has 1 atom stereocenters. The Kier molecular flexibility index (Phi) is 3.75. The molecular formula is C14H21N3O3S. The van der Waals surface area contributed by atoms with Crippen LogP contribution in [0.15, 0.2) is 17.0 Å². The molecule has 1 aromatic carbocycles. The number of nitrogens with two attached hydrogens (primary N) is 2. The van der Waals surface area contributed by atoms with Crippen molar-refractivity contribution in [1.82, 2.24) is 4.31 Å². The quantitative estimate of drug-likeness (QED) is 0.804. The fourth-order valence-electron chi connectivity index (χ4n) is 2.69. The molecule has 0 bridgehead atoms. The maximum atomic E-state index is 12.9. The first-order valence-electron chi connectivity index (χ1n) is 6.75. The van der Waals surface area contributed by atoms with Crippen LogP contribution in [0.5, 0.6) is 0 Å². The third kappa shape index (κ3) is 2.51. The van der Waals surface area contributed by atoms with E-state index >= 15 is 0 Å². The first-order chi connectivity index (χ1) is 9.59. The topological polar surface area (TPSA) is 106 Å². The summed E-state index contributed by atoms with van der Waals surface area (Å²) in [5.74, 6) is -0.471. The molecule has 21 heavy (non-hydrogen) atoms.